The zero-order valence-corrected chi connectivity index (χ0v) is 26.5. The first-order chi connectivity index (χ1) is 22.9. The molecule has 2 amide bonds. The zero-order valence-electron chi connectivity index (χ0n) is 26.5. The number of Topliss-reactive ketones (excluding diaryl/α,β-unsaturated/α-hetero) is 1. The number of ketones is 1. The van der Waals surface area contributed by atoms with E-state index in [1.807, 2.05) is 10.9 Å². The number of benzene rings is 2. The number of halogens is 2. The summed E-state index contributed by atoms with van der Waals surface area (Å²) in [5.41, 5.74) is 17.5. The lowest BCUT2D eigenvalue weighted by atomic mass is 9.68. The van der Waals surface area contributed by atoms with Gasteiger partial charge in [-0.1, -0.05) is 24.3 Å². The van der Waals surface area contributed by atoms with Crippen molar-refractivity contribution in [1.29, 1.82) is 0 Å². The van der Waals surface area contributed by atoms with Crippen molar-refractivity contribution in [3.05, 3.63) is 95.6 Å². The largest absolute Gasteiger partial charge is 0.383 e. The number of carbonyl (C=O) groups is 3. The maximum atomic E-state index is 16.2. The number of carbonyl (C=O) groups excluding carboxylic acids is 3. The van der Waals surface area contributed by atoms with E-state index in [1.165, 1.54) is 29.2 Å². The van der Waals surface area contributed by atoms with Crippen LogP contribution in [0.15, 0.2) is 72.8 Å². The molecule has 2 aromatic heterocycles. The lowest BCUT2D eigenvalue weighted by molar-refractivity contribution is -0.134. The van der Waals surface area contributed by atoms with Gasteiger partial charge in [-0.05, 0) is 75.2 Å². The van der Waals surface area contributed by atoms with Crippen LogP contribution in [0.1, 0.15) is 43.9 Å². The number of nitrogens with two attached hydrogens (primary N) is 3. The van der Waals surface area contributed by atoms with Crippen molar-refractivity contribution in [3.8, 4) is 22.3 Å². The standard InChI is InChI=1S/C35H36F2N8O3/c1-19(2)44-18-35(34(40)48,31(46)29(30(44)33(39)47)20-3-6-24(36)7-4-20)23-5-8-26(28(37)14-23)27-13-21(15-42-32(27)38)22-16-43-45(17-22)25-9-11-41-12-10-25/h3-8,13-17,19,25,41H,9-12,18H2,1-2H3,(H2,38,42)(H2,39,47)(H2,40,48). The third kappa shape index (κ3) is 5.59. The molecule has 0 saturated carbocycles. The van der Waals surface area contributed by atoms with Gasteiger partial charge in [0.1, 0.15) is 23.1 Å². The molecule has 13 heteroatoms. The molecule has 2 aliphatic heterocycles. The second kappa shape index (κ2) is 12.6. The van der Waals surface area contributed by atoms with E-state index in [0.29, 0.717) is 11.1 Å². The molecule has 0 spiro atoms. The van der Waals surface area contributed by atoms with E-state index >= 15 is 4.39 Å². The van der Waals surface area contributed by atoms with E-state index in [0.717, 1.165) is 49.7 Å². The third-order valence-electron chi connectivity index (χ3n) is 9.24. The fourth-order valence-electron chi connectivity index (χ4n) is 6.62. The number of amides is 2. The van der Waals surface area contributed by atoms with Gasteiger partial charge in [-0.3, -0.25) is 19.1 Å². The Hall–Kier alpha value is -5.43. The zero-order chi connectivity index (χ0) is 34.3. The molecule has 11 nitrogen and oxygen atoms in total. The molecule has 1 unspecified atom stereocenters. The Morgan fingerprint density at radius 2 is 1.67 bits per heavy atom. The number of hydrogen-bond acceptors (Lipinski definition) is 8. The number of nitrogen functional groups attached to an aromatic ring is 1. The number of nitrogens with zero attached hydrogens (tertiary/aromatic N) is 4. The van der Waals surface area contributed by atoms with Gasteiger partial charge < -0.3 is 27.4 Å². The molecule has 248 valence electrons. The number of pyridine rings is 1. The lowest BCUT2D eigenvalue weighted by Crippen LogP contribution is -2.60. The van der Waals surface area contributed by atoms with Gasteiger partial charge in [-0.2, -0.15) is 5.10 Å². The maximum Gasteiger partial charge on any atom is 0.265 e. The molecule has 0 aliphatic carbocycles. The highest BCUT2D eigenvalue weighted by Crippen LogP contribution is 2.42. The van der Waals surface area contributed by atoms with Crippen molar-refractivity contribution in [2.75, 3.05) is 25.4 Å². The summed E-state index contributed by atoms with van der Waals surface area (Å²) in [5.74, 6) is -4.10. The summed E-state index contributed by atoms with van der Waals surface area (Å²) in [6.45, 7) is 4.94. The molecule has 4 heterocycles. The first kappa shape index (κ1) is 32.5. The normalized spacial score (nSPS) is 18.9. The molecular weight excluding hydrogens is 618 g/mol. The predicted molar refractivity (Wildman–Crippen MR) is 177 cm³/mol. The van der Waals surface area contributed by atoms with Gasteiger partial charge in [0.05, 0.1) is 17.8 Å². The molecule has 0 bridgehead atoms. The van der Waals surface area contributed by atoms with E-state index in [1.54, 1.807) is 32.3 Å². The summed E-state index contributed by atoms with van der Waals surface area (Å²) < 4.78 is 32.0. The molecule has 0 radical (unpaired) electrons. The van der Waals surface area contributed by atoms with Crippen molar-refractivity contribution >= 4 is 29.0 Å². The van der Waals surface area contributed by atoms with Gasteiger partial charge in [-0.25, -0.2) is 13.8 Å². The first-order valence-corrected chi connectivity index (χ1v) is 15.6. The number of hydrogen-bond donors (Lipinski definition) is 4. The van der Waals surface area contributed by atoms with Crippen molar-refractivity contribution < 1.29 is 23.2 Å². The van der Waals surface area contributed by atoms with Crippen LogP contribution in [0.4, 0.5) is 14.6 Å². The van der Waals surface area contributed by atoms with Crippen molar-refractivity contribution in [1.82, 2.24) is 25.0 Å². The van der Waals surface area contributed by atoms with Crippen molar-refractivity contribution in [2.45, 2.75) is 44.2 Å². The summed E-state index contributed by atoms with van der Waals surface area (Å²) >= 11 is 0. The van der Waals surface area contributed by atoms with E-state index in [4.69, 9.17) is 17.2 Å². The average molecular weight is 655 g/mol. The molecule has 48 heavy (non-hydrogen) atoms. The van der Waals surface area contributed by atoms with Crippen molar-refractivity contribution in [3.63, 3.8) is 0 Å². The second-order valence-corrected chi connectivity index (χ2v) is 12.5. The van der Waals surface area contributed by atoms with Gasteiger partial charge in [0.15, 0.2) is 11.2 Å². The highest BCUT2D eigenvalue weighted by molar-refractivity contribution is 6.36. The SMILES string of the molecule is CC(C)N1CC(C(N)=O)(c2ccc(-c3cc(-c4cnn(C5CCNCC5)c4)cnc3N)c(F)c2)C(=O)C(c2ccc(F)cc2)=C1C(N)=O. The summed E-state index contributed by atoms with van der Waals surface area (Å²) in [5, 5.41) is 7.89. The number of anilines is 1. The lowest BCUT2D eigenvalue weighted by Gasteiger charge is -2.44. The van der Waals surface area contributed by atoms with Gasteiger partial charge in [0.25, 0.3) is 5.91 Å². The summed E-state index contributed by atoms with van der Waals surface area (Å²) in [6.07, 6.45) is 7.18. The summed E-state index contributed by atoms with van der Waals surface area (Å²) in [4.78, 5) is 46.4. The minimum Gasteiger partial charge on any atom is -0.383 e. The second-order valence-electron chi connectivity index (χ2n) is 12.5. The highest BCUT2D eigenvalue weighted by atomic mass is 19.1. The van der Waals surface area contributed by atoms with Crippen LogP contribution in [0.2, 0.25) is 0 Å². The maximum absolute atomic E-state index is 16.2. The van der Waals surface area contributed by atoms with Gasteiger partial charge >= 0.3 is 0 Å². The molecule has 1 saturated heterocycles. The quantitative estimate of drug-likeness (QED) is 0.209. The summed E-state index contributed by atoms with van der Waals surface area (Å²) in [6, 6.07) is 10.3. The molecule has 4 aromatic rings. The van der Waals surface area contributed by atoms with Crippen LogP contribution in [-0.2, 0) is 19.8 Å². The van der Waals surface area contributed by atoms with Crippen LogP contribution in [-0.4, -0.2) is 62.9 Å². The van der Waals surface area contributed by atoms with E-state index in [2.05, 4.69) is 15.4 Å². The van der Waals surface area contributed by atoms with Crippen LogP contribution < -0.4 is 22.5 Å². The molecule has 2 aliphatic rings. The number of aromatic nitrogens is 3. The fraction of sp³-hybridized carbons (Fsp3) is 0.286. The van der Waals surface area contributed by atoms with Crippen molar-refractivity contribution in [2.24, 2.45) is 11.5 Å². The minimum atomic E-state index is -2.12. The van der Waals surface area contributed by atoms with Gasteiger partial charge in [-0.15, -0.1) is 0 Å². The Bertz CT molecular complexity index is 1950. The van der Waals surface area contributed by atoms with Gasteiger partial charge in [0.2, 0.25) is 5.91 Å². The predicted octanol–water partition coefficient (Wildman–Crippen LogP) is 3.31. The third-order valence-corrected chi connectivity index (χ3v) is 9.24. The minimum absolute atomic E-state index is 0.0269. The Balaban J connectivity index is 1.43. The number of piperidine rings is 1. The number of rotatable bonds is 8. The monoisotopic (exact) mass is 654 g/mol. The number of primary amides is 2. The molecule has 1 fully saturated rings. The number of nitrogens with one attached hydrogen (secondary N) is 1. The van der Waals surface area contributed by atoms with Crippen LogP contribution in [0.3, 0.4) is 0 Å². The van der Waals surface area contributed by atoms with Crippen LogP contribution in [0, 0.1) is 11.6 Å². The first-order valence-electron chi connectivity index (χ1n) is 15.6. The molecule has 7 N–H and O–H groups in total. The van der Waals surface area contributed by atoms with Crippen LogP contribution in [0.25, 0.3) is 27.8 Å². The molecule has 2 aromatic carbocycles. The Labute approximate surface area is 275 Å². The van der Waals surface area contributed by atoms with E-state index < -0.39 is 40.7 Å². The Morgan fingerprint density at radius 3 is 2.29 bits per heavy atom. The Kier molecular flexibility index (Phi) is 8.56. The topological polar surface area (TPSA) is 175 Å². The molecular formula is C35H36F2N8O3. The van der Waals surface area contributed by atoms with Gasteiger partial charge in [0, 0.05) is 47.2 Å². The average Bonchev–Trinajstić information content (AvgIpc) is 3.56. The van der Waals surface area contributed by atoms with Crippen LogP contribution in [0.5, 0.6) is 0 Å². The van der Waals surface area contributed by atoms with E-state index in [-0.39, 0.29) is 46.4 Å². The summed E-state index contributed by atoms with van der Waals surface area (Å²) in [7, 11) is 0. The Morgan fingerprint density at radius 1 is 0.958 bits per heavy atom. The fourth-order valence-corrected chi connectivity index (χ4v) is 6.62. The van der Waals surface area contributed by atoms with E-state index in [9.17, 15) is 18.8 Å². The molecule has 6 rings (SSSR count). The molecule has 1 atom stereocenters. The van der Waals surface area contributed by atoms with Crippen LogP contribution >= 0.6 is 0 Å². The smallest absolute Gasteiger partial charge is 0.265 e. The number of allylic oxidation sites excluding steroid dienone is 1. The highest BCUT2D eigenvalue weighted by Gasteiger charge is 2.54.